The Morgan fingerprint density at radius 1 is 1.19 bits per heavy atom. The SMILES string of the molecule is COCCNC(=O)C1CCCN(C(=O)c2ccc3ccccc3n2)CC1. The van der Waals surface area contributed by atoms with E-state index in [0.717, 1.165) is 23.7 Å². The Morgan fingerprint density at radius 2 is 2.04 bits per heavy atom. The first kappa shape index (κ1) is 18.3. The zero-order valence-electron chi connectivity index (χ0n) is 15.1. The maximum atomic E-state index is 12.8. The predicted molar refractivity (Wildman–Crippen MR) is 99.9 cm³/mol. The van der Waals surface area contributed by atoms with Crippen molar-refractivity contribution < 1.29 is 14.3 Å². The summed E-state index contributed by atoms with van der Waals surface area (Å²) in [6.45, 7) is 2.27. The second-order valence-corrected chi connectivity index (χ2v) is 6.59. The van der Waals surface area contributed by atoms with Gasteiger partial charge in [0.2, 0.25) is 5.91 Å². The number of methoxy groups -OCH3 is 1. The van der Waals surface area contributed by atoms with Crippen molar-refractivity contribution in [3.63, 3.8) is 0 Å². The van der Waals surface area contributed by atoms with Gasteiger partial charge < -0.3 is 15.0 Å². The van der Waals surface area contributed by atoms with E-state index >= 15 is 0 Å². The van der Waals surface area contributed by atoms with E-state index < -0.39 is 0 Å². The molecule has 1 aliphatic rings. The maximum Gasteiger partial charge on any atom is 0.272 e. The number of para-hydroxylation sites is 1. The molecule has 138 valence electrons. The highest BCUT2D eigenvalue weighted by Gasteiger charge is 2.26. The van der Waals surface area contributed by atoms with Gasteiger partial charge in [-0.1, -0.05) is 24.3 Å². The number of hydrogen-bond acceptors (Lipinski definition) is 4. The Bertz CT molecular complexity index is 778. The number of pyridine rings is 1. The molecule has 2 amide bonds. The van der Waals surface area contributed by atoms with Crippen molar-refractivity contribution in [3.05, 3.63) is 42.1 Å². The first-order valence-corrected chi connectivity index (χ1v) is 9.11. The molecule has 0 saturated carbocycles. The van der Waals surface area contributed by atoms with Crippen LogP contribution in [0.25, 0.3) is 10.9 Å². The van der Waals surface area contributed by atoms with E-state index in [1.807, 2.05) is 35.2 Å². The molecule has 0 spiro atoms. The topological polar surface area (TPSA) is 71.5 Å². The lowest BCUT2D eigenvalue weighted by Gasteiger charge is -2.20. The number of rotatable bonds is 5. The minimum absolute atomic E-state index is 0.0470. The minimum atomic E-state index is -0.0591. The number of nitrogens with one attached hydrogen (secondary N) is 1. The number of carbonyl (C=O) groups is 2. The average molecular weight is 355 g/mol. The van der Waals surface area contributed by atoms with Gasteiger partial charge in [0.05, 0.1) is 12.1 Å². The van der Waals surface area contributed by atoms with Crippen molar-refractivity contribution in [2.45, 2.75) is 19.3 Å². The fourth-order valence-electron chi connectivity index (χ4n) is 3.33. The van der Waals surface area contributed by atoms with Gasteiger partial charge in [-0.3, -0.25) is 9.59 Å². The second kappa shape index (κ2) is 8.76. The molecule has 0 bridgehead atoms. The summed E-state index contributed by atoms with van der Waals surface area (Å²) in [6, 6.07) is 11.5. The largest absolute Gasteiger partial charge is 0.383 e. The Balaban J connectivity index is 1.62. The molecule has 0 aliphatic carbocycles. The number of hydrogen-bond donors (Lipinski definition) is 1. The molecule has 3 rings (SSSR count). The van der Waals surface area contributed by atoms with Crippen molar-refractivity contribution in [1.29, 1.82) is 0 Å². The van der Waals surface area contributed by atoms with Gasteiger partial charge in [-0.2, -0.15) is 0 Å². The highest BCUT2D eigenvalue weighted by Crippen LogP contribution is 2.20. The third-order valence-electron chi connectivity index (χ3n) is 4.81. The summed E-state index contributed by atoms with van der Waals surface area (Å²) >= 11 is 0. The number of fused-ring (bicyclic) bond motifs is 1. The molecule has 6 nitrogen and oxygen atoms in total. The van der Waals surface area contributed by atoms with Crippen LogP contribution in [-0.4, -0.2) is 55.0 Å². The smallest absolute Gasteiger partial charge is 0.272 e. The summed E-state index contributed by atoms with van der Waals surface area (Å²) in [4.78, 5) is 31.4. The lowest BCUT2D eigenvalue weighted by molar-refractivity contribution is -0.125. The van der Waals surface area contributed by atoms with Gasteiger partial charge in [-0.05, 0) is 31.4 Å². The molecule has 1 atom stereocenters. The zero-order chi connectivity index (χ0) is 18.4. The molecular weight excluding hydrogens is 330 g/mol. The van der Waals surface area contributed by atoms with E-state index in [0.29, 0.717) is 38.4 Å². The van der Waals surface area contributed by atoms with Crippen LogP contribution in [0.15, 0.2) is 36.4 Å². The molecule has 1 saturated heterocycles. The molecule has 1 aliphatic heterocycles. The number of likely N-dealkylation sites (tertiary alicyclic amines) is 1. The van der Waals surface area contributed by atoms with E-state index in [2.05, 4.69) is 10.3 Å². The van der Waals surface area contributed by atoms with Gasteiger partial charge in [0.15, 0.2) is 0 Å². The predicted octanol–water partition coefficient (Wildman–Crippen LogP) is 2.24. The van der Waals surface area contributed by atoms with Crippen LogP contribution in [0.2, 0.25) is 0 Å². The molecule has 1 aromatic carbocycles. The van der Waals surface area contributed by atoms with Crippen molar-refractivity contribution in [3.8, 4) is 0 Å². The van der Waals surface area contributed by atoms with Crippen molar-refractivity contribution >= 4 is 22.7 Å². The fraction of sp³-hybridized carbons (Fsp3) is 0.450. The third-order valence-corrected chi connectivity index (χ3v) is 4.81. The summed E-state index contributed by atoms with van der Waals surface area (Å²) in [5, 5.41) is 3.92. The molecule has 2 aromatic rings. The van der Waals surface area contributed by atoms with E-state index in [1.165, 1.54) is 0 Å². The standard InChI is InChI=1S/C20H25N3O3/c1-26-14-11-21-19(24)16-6-4-12-23(13-10-16)20(25)18-9-8-15-5-2-3-7-17(15)22-18/h2-3,5,7-9,16H,4,6,10-14H2,1H3,(H,21,24). The van der Waals surface area contributed by atoms with Gasteiger partial charge >= 0.3 is 0 Å². The fourth-order valence-corrected chi connectivity index (χ4v) is 3.33. The highest BCUT2D eigenvalue weighted by molar-refractivity contribution is 5.95. The van der Waals surface area contributed by atoms with Gasteiger partial charge in [-0.25, -0.2) is 4.98 Å². The van der Waals surface area contributed by atoms with Gasteiger partial charge in [0.25, 0.3) is 5.91 Å². The Kier molecular flexibility index (Phi) is 6.17. The molecule has 26 heavy (non-hydrogen) atoms. The molecule has 1 N–H and O–H groups in total. The Morgan fingerprint density at radius 3 is 2.88 bits per heavy atom. The number of aromatic nitrogens is 1. The van der Waals surface area contributed by atoms with Gasteiger partial charge in [0.1, 0.15) is 5.69 Å². The third kappa shape index (κ3) is 4.38. The highest BCUT2D eigenvalue weighted by atomic mass is 16.5. The van der Waals surface area contributed by atoms with E-state index in [-0.39, 0.29) is 17.7 Å². The number of ether oxygens (including phenoxy) is 1. The molecule has 1 unspecified atom stereocenters. The average Bonchev–Trinajstić information content (AvgIpc) is 2.93. The number of amides is 2. The Hall–Kier alpha value is -2.47. The molecule has 1 aromatic heterocycles. The van der Waals surface area contributed by atoms with E-state index in [9.17, 15) is 9.59 Å². The molecule has 6 heteroatoms. The number of benzene rings is 1. The van der Waals surface area contributed by atoms with Crippen LogP contribution in [0, 0.1) is 5.92 Å². The molecule has 0 radical (unpaired) electrons. The Labute approximate surface area is 153 Å². The summed E-state index contributed by atoms with van der Waals surface area (Å²) < 4.78 is 4.96. The molecule has 2 heterocycles. The minimum Gasteiger partial charge on any atom is -0.383 e. The first-order chi connectivity index (χ1) is 12.7. The number of nitrogens with zero attached hydrogens (tertiary/aromatic N) is 2. The van der Waals surface area contributed by atoms with Crippen LogP contribution in [-0.2, 0) is 9.53 Å². The summed E-state index contributed by atoms with van der Waals surface area (Å²) in [7, 11) is 1.61. The van der Waals surface area contributed by atoms with Crippen LogP contribution in [0.5, 0.6) is 0 Å². The lowest BCUT2D eigenvalue weighted by atomic mass is 10.00. The second-order valence-electron chi connectivity index (χ2n) is 6.59. The number of carbonyl (C=O) groups excluding carboxylic acids is 2. The van der Waals surface area contributed by atoms with Crippen molar-refractivity contribution in [1.82, 2.24) is 15.2 Å². The van der Waals surface area contributed by atoms with Crippen LogP contribution in [0.1, 0.15) is 29.8 Å². The van der Waals surface area contributed by atoms with Crippen molar-refractivity contribution in [2.24, 2.45) is 5.92 Å². The van der Waals surface area contributed by atoms with Gasteiger partial charge in [-0.15, -0.1) is 0 Å². The monoisotopic (exact) mass is 355 g/mol. The van der Waals surface area contributed by atoms with Crippen LogP contribution in [0.4, 0.5) is 0 Å². The van der Waals surface area contributed by atoms with Crippen LogP contribution >= 0.6 is 0 Å². The van der Waals surface area contributed by atoms with E-state index in [1.54, 1.807) is 13.2 Å². The van der Waals surface area contributed by atoms with Gasteiger partial charge in [0, 0.05) is 38.0 Å². The quantitative estimate of drug-likeness (QED) is 0.835. The molecule has 1 fully saturated rings. The summed E-state index contributed by atoms with van der Waals surface area (Å²) in [6.07, 6.45) is 2.30. The van der Waals surface area contributed by atoms with E-state index in [4.69, 9.17) is 4.74 Å². The lowest BCUT2D eigenvalue weighted by Crippen LogP contribution is -2.35. The van der Waals surface area contributed by atoms with Crippen LogP contribution < -0.4 is 5.32 Å². The van der Waals surface area contributed by atoms with Crippen molar-refractivity contribution in [2.75, 3.05) is 33.4 Å². The molecular formula is C20H25N3O3. The summed E-state index contributed by atoms with van der Waals surface area (Å²) in [5.74, 6) is -0.0504. The normalized spacial score (nSPS) is 17.7. The first-order valence-electron chi connectivity index (χ1n) is 9.11. The zero-order valence-corrected chi connectivity index (χ0v) is 15.1. The van der Waals surface area contributed by atoms with Crippen LogP contribution in [0.3, 0.4) is 0 Å². The summed E-state index contributed by atoms with van der Waals surface area (Å²) in [5.41, 5.74) is 1.29. The maximum absolute atomic E-state index is 12.8.